The molecule has 3 aromatic carbocycles. The Morgan fingerprint density at radius 3 is 2.22 bits per heavy atom. The number of nitrogens with zero attached hydrogens (tertiary/aromatic N) is 1. The third-order valence-corrected chi connectivity index (χ3v) is 7.51. The van der Waals surface area contributed by atoms with Crippen molar-refractivity contribution in [3.05, 3.63) is 105 Å². The van der Waals surface area contributed by atoms with E-state index >= 15 is 0 Å². The Kier molecular flexibility index (Phi) is 9.06. The Labute approximate surface area is 223 Å². The van der Waals surface area contributed by atoms with Crippen molar-refractivity contribution in [2.45, 2.75) is 64.1 Å². The molecule has 0 spiro atoms. The van der Waals surface area contributed by atoms with Gasteiger partial charge in [-0.05, 0) is 48.6 Å². The van der Waals surface area contributed by atoms with E-state index in [-0.39, 0.29) is 24.3 Å². The number of carbonyl (C=O) groups excluding carboxylic acids is 2. The highest BCUT2D eigenvalue weighted by Gasteiger charge is 2.32. The Morgan fingerprint density at radius 2 is 1.56 bits per heavy atom. The van der Waals surface area contributed by atoms with Crippen LogP contribution < -0.4 is 5.32 Å². The van der Waals surface area contributed by atoms with Crippen molar-refractivity contribution in [3.8, 4) is 0 Å². The van der Waals surface area contributed by atoms with Gasteiger partial charge in [-0.3, -0.25) is 9.59 Å². The first-order chi connectivity index (χ1) is 17.4. The van der Waals surface area contributed by atoms with E-state index in [1.165, 1.54) is 0 Å². The molecular formula is C30H32Cl2N2O2. The van der Waals surface area contributed by atoms with Gasteiger partial charge < -0.3 is 10.2 Å². The van der Waals surface area contributed by atoms with Gasteiger partial charge in [0.05, 0.1) is 6.42 Å². The predicted octanol–water partition coefficient (Wildman–Crippen LogP) is 6.54. The zero-order chi connectivity index (χ0) is 25.5. The van der Waals surface area contributed by atoms with Crippen LogP contribution in [0.25, 0.3) is 0 Å². The summed E-state index contributed by atoms with van der Waals surface area (Å²) in [7, 11) is 0. The minimum Gasteiger partial charge on any atom is -0.352 e. The van der Waals surface area contributed by atoms with Gasteiger partial charge in [-0.1, -0.05) is 102 Å². The quantitative estimate of drug-likeness (QED) is 0.346. The molecule has 2 amide bonds. The second-order valence-corrected chi connectivity index (χ2v) is 10.4. The monoisotopic (exact) mass is 522 g/mol. The lowest BCUT2D eigenvalue weighted by atomic mass is 10.0. The second-order valence-electron chi connectivity index (χ2n) is 9.58. The van der Waals surface area contributed by atoms with Crippen molar-refractivity contribution >= 4 is 35.0 Å². The van der Waals surface area contributed by atoms with Gasteiger partial charge >= 0.3 is 0 Å². The number of nitrogens with one attached hydrogen (secondary N) is 1. The van der Waals surface area contributed by atoms with Gasteiger partial charge in [0.2, 0.25) is 11.8 Å². The lowest BCUT2D eigenvalue weighted by Crippen LogP contribution is -2.52. The lowest BCUT2D eigenvalue weighted by molar-refractivity contribution is -0.141. The summed E-state index contributed by atoms with van der Waals surface area (Å²) in [4.78, 5) is 29.3. The van der Waals surface area contributed by atoms with E-state index in [1.54, 1.807) is 23.1 Å². The summed E-state index contributed by atoms with van der Waals surface area (Å²) < 4.78 is 0. The molecule has 0 saturated heterocycles. The fraction of sp³-hybridized carbons (Fsp3) is 0.333. The van der Waals surface area contributed by atoms with Crippen LogP contribution in [0.3, 0.4) is 0 Å². The molecule has 0 aromatic heterocycles. The number of carbonyl (C=O) groups is 2. The summed E-state index contributed by atoms with van der Waals surface area (Å²) in [6.45, 7) is 2.34. The first-order valence-corrected chi connectivity index (χ1v) is 13.3. The maximum absolute atomic E-state index is 13.9. The van der Waals surface area contributed by atoms with Gasteiger partial charge in [0, 0.05) is 29.1 Å². The summed E-state index contributed by atoms with van der Waals surface area (Å²) in [5.41, 5.74) is 3.65. The summed E-state index contributed by atoms with van der Waals surface area (Å²) >= 11 is 12.8. The van der Waals surface area contributed by atoms with E-state index in [0.29, 0.717) is 28.6 Å². The van der Waals surface area contributed by atoms with Crippen molar-refractivity contribution in [2.24, 2.45) is 0 Å². The molecule has 0 aliphatic heterocycles. The Morgan fingerprint density at radius 1 is 0.917 bits per heavy atom. The zero-order valence-corrected chi connectivity index (χ0v) is 22.1. The zero-order valence-electron chi connectivity index (χ0n) is 20.6. The minimum absolute atomic E-state index is 0.0202. The Balaban J connectivity index is 1.69. The number of hydrogen-bond donors (Lipinski definition) is 1. The molecule has 1 fully saturated rings. The predicted molar refractivity (Wildman–Crippen MR) is 146 cm³/mol. The number of benzene rings is 3. The fourth-order valence-electron chi connectivity index (χ4n) is 4.88. The number of rotatable bonds is 9. The molecule has 0 radical (unpaired) electrons. The van der Waals surface area contributed by atoms with Crippen molar-refractivity contribution in [1.29, 1.82) is 0 Å². The maximum Gasteiger partial charge on any atom is 0.243 e. The minimum atomic E-state index is -0.665. The van der Waals surface area contributed by atoms with Crippen LogP contribution in [0.15, 0.2) is 72.8 Å². The average Bonchev–Trinajstić information content (AvgIpc) is 3.37. The van der Waals surface area contributed by atoms with E-state index in [1.807, 2.05) is 55.5 Å². The number of halogens is 2. The van der Waals surface area contributed by atoms with Crippen LogP contribution in [-0.4, -0.2) is 28.8 Å². The van der Waals surface area contributed by atoms with E-state index in [2.05, 4.69) is 11.4 Å². The highest BCUT2D eigenvalue weighted by atomic mass is 35.5. The average molecular weight is 524 g/mol. The van der Waals surface area contributed by atoms with Gasteiger partial charge in [0.15, 0.2) is 0 Å². The third-order valence-electron chi connectivity index (χ3n) is 6.80. The molecule has 0 heterocycles. The van der Waals surface area contributed by atoms with Gasteiger partial charge in [0.25, 0.3) is 0 Å². The van der Waals surface area contributed by atoms with Crippen molar-refractivity contribution in [3.63, 3.8) is 0 Å². The molecule has 3 aromatic rings. The molecule has 6 heteroatoms. The standard InChI is InChI=1S/C30H32Cl2N2O2/c1-21-9-7-12-23(17-21)20-34(29(35)19-25-26(31)15-8-16-27(25)32)28(18-22-10-3-2-4-11-22)30(36)33-24-13-5-6-14-24/h2-4,7-12,15-17,24,28H,5-6,13-14,18-20H2,1H3,(H,33,36)/t28-/m1/s1. The summed E-state index contributed by atoms with van der Waals surface area (Å²) in [6, 6.07) is 22.6. The Hall–Kier alpha value is -2.82. The fourth-order valence-corrected chi connectivity index (χ4v) is 5.41. The molecule has 1 aliphatic rings. The molecule has 1 atom stereocenters. The smallest absolute Gasteiger partial charge is 0.243 e. The van der Waals surface area contributed by atoms with E-state index in [9.17, 15) is 9.59 Å². The van der Waals surface area contributed by atoms with Crippen LogP contribution in [0.5, 0.6) is 0 Å². The number of aryl methyl sites for hydroxylation is 1. The van der Waals surface area contributed by atoms with Crippen LogP contribution in [0.4, 0.5) is 0 Å². The molecule has 4 nitrogen and oxygen atoms in total. The number of amides is 2. The summed E-state index contributed by atoms with van der Waals surface area (Å²) in [6.07, 6.45) is 4.63. The van der Waals surface area contributed by atoms with Gasteiger partial charge in [-0.25, -0.2) is 0 Å². The normalized spacial score (nSPS) is 14.4. The first-order valence-electron chi connectivity index (χ1n) is 12.5. The SMILES string of the molecule is Cc1cccc(CN(C(=O)Cc2c(Cl)cccc2Cl)[C@H](Cc2ccccc2)C(=O)NC2CCCC2)c1. The molecule has 188 valence electrons. The highest BCUT2D eigenvalue weighted by Crippen LogP contribution is 2.27. The molecule has 1 saturated carbocycles. The van der Waals surface area contributed by atoms with Crippen molar-refractivity contribution < 1.29 is 9.59 Å². The van der Waals surface area contributed by atoms with Crippen LogP contribution in [-0.2, 0) is 29.0 Å². The summed E-state index contributed by atoms with van der Waals surface area (Å²) in [5.74, 6) is -0.300. The topological polar surface area (TPSA) is 49.4 Å². The third kappa shape index (κ3) is 6.89. The summed E-state index contributed by atoms with van der Waals surface area (Å²) in [5, 5.41) is 4.12. The second kappa shape index (κ2) is 12.4. The molecule has 36 heavy (non-hydrogen) atoms. The van der Waals surface area contributed by atoms with Crippen LogP contribution >= 0.6 is 23.2 Å². The van der Waals surface area contributed by atoms with Crippen LogP contribution in [0.2, 0.25) is 10.0 Å². The van der Waals surface area contributed by atoms with Crippen molar-refractivity contribution in [1.82, 2.24) is 10.2 Å². The van der Waals surface area contributed by atoms with Gasteiger partial charge in [-0.15, -0.1) is 0 Å². The van der Waals surface area contributed by atoms with E-state index < -0.39 is 6.04 Å². The molecule has 1 aliphatic carbocycles. The van der Waals surface area contributed by atoms with E-state index in [0.717, 1.165) is 42.4 Å². The lowest BCUT2D eigenvalue weighted by Gasteiger charge is -2.32. The highest BCUT2D eigenvalue weighted by molar-refractivity contribution is 6.36. The van der Waals surface area contributed by atoms with Crippen LogP contribution in [0.1, 0.15) is 47.9 Å². The van der Waals surface area contributed by atoms with E-state index in [4.69, 9.17) is 23.2 Å². The Bertz CT molecular complexity index is 1170. The van der Waals surface area contributed by atoms with Crippen LogP contribution in [0, 0.1) is 6.92 Å². The maximum atomic E-state index is 13.9. The first kappa shape index (κ1) is 26.2. The number of hydrogen-bond acceptors (Lipinski definition) is 2. The molecule has 1 N–H and O–H groups in total. The largest absolute Gasteiger partial charge is 0.352 e. The van der Waals surface area contributed by atoms with Crippen molar-refractivity contribution in [2.75, 3.05) is 0 Å². The van der Waals surface area contributed by atoms with Gasteiger partial charge in [0.1, 0.15) is 6.04 Å². The molecular weight excluding hydrogens is 491 g/mol. The molecule has 4 rings (SSSR count). The molecule has 0 unspecified atom stereocenters. The van der Waals surface area contributed by atoms with Gasteiger partial charge in [-0.2, -0.15) is 0 Å². The molecule has 0 bridgehead atoms.